The minimum Gasteiger partial charge on any atom is -0.477 e. The molecule has 14 nitrogen and oxygen atoms in total. The first kappa shape index (κ1) is 30.7. The van der Waals surface area contributed by atoms with E-state index < -0.39 is 41.7 Å². The molecule has 3 amide bonds. The number of nitrogen functional groups attached to an aromatic ring is 1. The molecule has 1 fully saturated rings. The molecular weight excluding hydrogens is 660 g/mol. The van der Waals surface area contributed by atoms with Crippen LogP contribution >= 0.6 is 57.8 Å². The standard InChI is InChI=1S/C24H21ClN8O6S4/c1-10-30-31-24(43-10)42-8-11-7-40-21-17(20(36)33(21)18(11)22(37)38)29-19(35)16(14-9-41-23(26)28-14)32-39-6-15(34)27-13-4-2-3-12(25)5-13/h2-5,9,17,21H,6-8H2,1H3,(H2,26,28)(H,27,34)(H,29,35)(H,37,38)/b32-16-/t17?,21-/m1/s1. The fraction of sp³-hybridized carbons (Fsp3) is 0.250. The van der Waals surface area contributed by atoms with Crippen LogP contribution in [-0.4, -0.2) is 84.1 Å². The Morgan fingerprint density at radius 2 is 2.14 bits per heavy atom. The molecule has 43 heavy (non-hydrogen) atoms. The van der Waals surface area contributed by atoms with Crippen LogP contribution in [0.3, 0.4) is 0 Å². The molecule has 0 saturated carbocycles. The highest BCUT2D eigenvalue weighted by molar-refractivity contribution is 8.01. The van der Waals surface area contributed by atoms with Crippen LogP contribution in [0.2, 0.25) is 5.02 Å². The van der Waals surface area contributed by atoms with E-state index in [9.17, 15) is 24.3 Å². The molecule has 1 aromatic carbocycles. The second-order valence-electron chi connectivity index (χ2n) is 8.84. The molecule has 2 atom stereocenters. The van der Waals surface area contributed by atoms with Gasteiger partial charge in [-0.2, -0.15) is 0 Å². The highest BCUT2D eigenvalue weighted by Gasteiger charge is 2.54. The number of anilines is 2. The van der Waals surface area contributed by atoms with Gasteiger partial charge in [-0.1, -0.05) is 45.9 Å². The fourth-order valence-corrected chi connectivity index (χ4v) is 8.05. The van der Waals surface area contributed by atoms with Crippen LogP contribution in [0.1, 0.15) is 10.7 Å². The number of fused-ring (bicyclic) bond motifs is 1. The molecule has 5 N–H and O–H groups in total. The third kappa shape index (κ3) is 7.10. The quantitative estimate of drug-likeness (QED) is 0.0999. The number of halogens is 1. The van der Waals surface area contributed by atoms with E-state index in [1.807, 2.05) is 6.92 Å². The number of rotatable bonds is 11. The lowest BCUT2D eigenvalue weighted by Crippen LogP contribution is -2.71. The minimum absolute atomic E-state index is 0.0764. The predicted molar refractivity (Wildman–Crippen MR) is 164 cm³/mol. The monoisotopic (exact) mass is 680 g/mol. The Hall–Kier alpha value is -3.71. The Morgan fingerprint density at radius 3 is 2.81 bits per heavy atom. The molecule has 2 aromatic heterocycles. The number of aryl methyl sites for hydroxylation is 1. The average molecular weight is 681 g/mol. The highest BCUT2D eigenvalue weighted by atomic mass is 35.5. The van der Waals surface area contributed by atoms with Gasteiger partial charge in [0.15, 0.2) is 21.8 Å². The first-order chi connectivity index (χ1) is 20.6. The Bertz CT molecular complexity index is 1660. The van der Waals surface area contributed by atoms with Crippen molar-refractivity contribution in [2.24, 2.45) is 5.16 Å². The van der Waals surface area contributed by atoms with Crippen LogP contribution in [-0.2, 0) is 24.0 Å². The number of amides is 3. The number of oxime groups is 1. The van der Waals surface area contributed by atoms with Crippen molar-refractivity contribution >= 4 is 98.0 Å². The molecule has 0 aliphatic carbocycles. The third-order valence-electron chi connectivity index (χ3n) is 5.85. The van der Waals surface area contributed by atoms with Crippen molar-refractivity contribution < 1.29 is 29.1 Å². The first-order valence-corrected chi connectivity index (χ1v) is 16.3. The summed E-state index contributed by atoms with van der Waals surface area (Å²) in [6, 6.07) is 5.47. The molecule has 1 saturated heterocycles. The van der Waals surface area contributed by atoms with Gasteiger partial charge < -0.3 is 26.3 Å². The number of thiazole rings is 1. The van der Waals surface area contributed by atoms with Crippen LogP contribution in [0, 0.1) is 6.92 Å². The zero-order valence-corrected chi connectivity index (χ0v) is 26.0. The van der Waals surface area contributed by atoms with Gasteiger partial charge in [-0.3, -0.25) is 19.3 Å². The predicted octanol–water partition coefficient (Wildman–Crippen LogP) is 2.43. The van der Waals surface area contributed by atoms with Gasteiger partial charge >= 0.3 is 5.97 Å². The maximum absolute atomic E-state index is 13.3. The van der Waals surface area contributed by atoms with E-state index in [-0.39, 0.29) is 22.2 Å². The smallest absolute Gasteiger partial charge is 0.352 e. The van der Waals surface area contributed by atoms with Gasteiger partial charge in [0.2, 0.25) is 0 Å². The van der Waals surface area contributed by atoms with Crippen molar-refractivity contribution in [1.29, 1.82) is 0 Å². The summed E-state index contributed by atoms with van der Waals surface area (Å²) in [5, 5.41) is 29.1. The van der Waals surface area contributed by atoms with Gasteiger partial charge in [0.05, 0.1) is 0 Å². The van der Waals surface area contributed by atoms with Gasteiger partial charge in [0.1, 0.15) is 27.8 Å². The van der Waals surface area contributed by atoms with E-state index in [0.717, 1.165) is 16.3 Å². The van der Waals surface area contributed by atoms with Crippen LogP contribution in [0.25, 0.3) is 0 Å². The number of aromatic nitrogens is 3. The van der Waals surface area contributed by atoms with Crippen molar-refractivity contribution in [3.8, 4) is 0 Å². The number of carbonyl (C=O) groups excluding carboxylic acids is 3. The lowest BCUT2D eigenvalue weighted by Gasteiger charge is -2.49. The Morgan fingerprint density at radius 1 is 1.33 bits per heavy atom. The van der Waals surface area contributed by atoms with Gasteiger partial charge in [-0.15, -0.1) is 33.3 Å². The highest BCUT2D eigenvalue weighted by Crippen LogP contribution is 2.41. The number of benzene rings is 1. The summed E-state index contributed by atoms with van der Waals surface area (Å²) < 4.78 is 0.695. The summed E-state index contributed by atoms with van der Waals surface area (Å²) in [5.41, 5.74) is 6.40. The summed E-state index contributed by atoms with van der Waals surface area (Å²) in [6.07, 6.45) is 0. The van der Waals surface area contributed by atoms with Crippen molar-refractivity contribution in [2.75, 3.05) is 29.2 Å². The van der Waals surface area contributed by atoms with Crippen LogP contribution < -0.4 is 16.4 Å². The first-order valence-electron chi connectivity index (χ1n) is 12.2. The van der Waals surface area contributed by atoms with E-state index in [1.165, 1.54) is 45.1 Å². The van der Waals surface area contributed by atoms with Gasteiger partial charge in [-0.25, -0.2) is 9.78 Å². The number of nitrogens with zero attached hydrogens (tertiary/aromatic N) is 5. The van der Waals surface area contributed by atoms with Crippen molar-refractivity contribution in [3.05, 3.63) is 56.6 Å². The summed E-state index contributed by atoms with van der Waals surface area (Å²) in [6.45, 7) is 1.28. The van der Waals surface area contributed by atoms with Gasteiger partial charge in [-0.05, 0) is 30.7 Å². The molecule has 5 rings (SSSR count). The summed E-state index contributed by atoms with van der Waals surface area (Å²) in [7, 11) is 0. The number of thioether (sulfide) groups is 2. The van der Waals surface area contributed by atoms with Gasteiger partial charge in [0.25, 0.3) is 17.7 Å². The number of nitrogens with two attached hydrogens (primary N) is 1. The van der Waals surface area contributed by atoms with E-state index in [0.29, 0.717) is 32.1 Å². The lowest BCUT2D eigenvalue weighted by atomic mass is 10.0. The Labute approximate surface area is 265 Å². The summed E-state index contributed by atoms with van der Waals surface area (Å²) in [5.74, 6) is -2.54. The summed E-state index contributed by atoms with van der Waals surface area (Å²) in [4.78, 5) is 61.3. The normalized spacial score (nSPS) is 18.1. The Kier molecular flexibility index (Phi) is 9.50. The topological polar surface area (TPSA) is 202 Å². The molecule has 0 spiro atoms. The second kappa shape index (κ2) is 13.3. The number of hydrogen-bond donors (Lipinski definition) is 4. The number of carbonyl (C=O) groups is 4. The lowest BCUT2D eigenvalue weighted by molar-refractivity contribution is -0.150. The molecule has 19 heteroatoms. The zero-order chi connectivity index (χ0) is 30.7. The maximum Gasteiger partial charge on any atom is 0.352 e. The van der Waals surface area contributed by atoms with E-state index >= 15 is 0 Å². The molecular formula is C24H21ClN8O6S4. The van der Waals surface area contributed by atoms with E-state index in [4.69, 9.17) is 22.2 Å². The minimum atomic E-state index is -1.24. The van der Waals surface area contributed by atoms with Crippen molar-refractivity contribution in [1.82, 2.24) is 25.4 Å². The van der Waals surface area contributed by atoms with Crippen molar-refractivity contribution in [3.63, 3.8) is 0 Å². The number of carboxylic acids is 1. The fourth-order valence-electron chi connectivity index (χ4n) is 4.01. The molecule has 224 valence electrons. The number of aliphatic carboxylic acids is 1. The number of hydrogen-bond acceptors (Lipinski definition) is 14. The maximum atomic E-state index is 13.3. The van der Waals surface area contributed by atoms with Crippen LogP contribution in [0.4, 0.5) is 10.8 Å². The number of β-lactam (4-membered cyclic amide) rings is 1. The third-order valence-corrected chi connectivity index (χ3v) is 10.2. The second-order valence-corrected chi connectivity index (χ2v) is 13.7. The molecule has 1 unspecified atom stereocenters. The SMILES string of the molecule is Cc1nnc(SCC2=C(C(=O)O)N3C(=O)C(NC(=O)/C(=N\OCC(=O)Nc4cccc(Cl)c4)c4csc(N)n4)[C@H]3SC2)s1. The largest absolute Gasteiger partial charge is 0.477 e. The van der Waals surface area contributed by atoms with Crippen molar-refractivity contribution in [2.45, 2.75) is 22.7 Å². The average Bonchev–Trinajstić information content (AvgIpc) is 3.59. The molecule has 3 aromatic rings. The Balaban J connectivity index is 1.26. The molecule has 2 aliphatic heterocycles. The number of nitrogens with one attached hydrogen (secondary N) is 2. The number of carboxylic acid groups (broad SMARTS) is 1. The molecule has 4 heterocycles. The molecule has 2 aliphatic rings. The van der Waals surface area contributed by atoms with Crippen LogP contribution in [0.5, 0.6) is 0 Å². The molecule has 0 radical (unpaired) electrons. The zero-order valence-electron chi connectivity index (χ0n) is 22.0. The summed E-state index contributed by atoms with van der Waals surface area (Å²) >= 11 is 11.1. The van der Waals surface area contributed by atoms with Gasteiger partial charge in [0, 0.05) is 27.6 Å². The van der Waals surface area contributed by atoms with E-state index in [2.05, 4.69) is 31.0 Å². The molecule has 0 bridgehead atoms. The van der Waals surface area contributed by atoms with Crippen LogP contribution in [0.15, 0.2) is 50.4 Å². The van der Waals surface area contributed by atoms with E-state index in [1.54, 1.807) is 24.3 Å².